The molecule has 0 bridgehead atoms. The second kappa shape index (κ2) is 7.95. The molecular weight excluding hydrogens is 310 g/mol. The Bertz CT molecular complexity index is 636. The lowest BCUT2D eigenvalue weighted by atomic mass is 9.90. The van der Waals surface area contributed by atoms with Gasteiger partial charge in [-0.15, -0.1) is 12.4 Å². The number of aliphatic hydroxyl groups excluding tert-OH is 1. The minimum Gasteiger partial charge on any atom is -0.395 e. The molecular formula is C18H26ClN3O. The molecule has 1 aliphatic carbocycles. The number of benzene rings is 1. The number of hydrogen-bond donors (Lipinski definition) is 2. The SMILES string of the molecule is Cc1cncc2cccc(N(CCO)[C@H]3CC[C@@H](N)CC3)c12.Cl. The predicted molar refractivity (Wildman–Crippen MR) is 98.4 cm³/mol. The Morgan fingerprint density at radius 1 is 1.22 bits per heavy atom. The van der Waals surface area contributed by atoms with Crippen LogP contribution in [0.3, 0.4) is 0 Å². The van der Waals surface area contributed by atoms with Crippen molar-refractivity contribution in [2.24, 2.45) is 5.73 Å². The highest BCUT2D eigenvalue weighted by Crippen LogP contribution is 2.33. The largest absolute Gasteiger partial charge is 0.395 e. The van der Waals surface area contributed by atoms with E-state index in [-0.39, 0.29) is 19.0 Å². The van der Waals surface area contributed by atoms with E-state index in [2.05, 4.69) is 35.0 Å². The number of aryl methyl sites for hydroxylation is 1. The molecule has 0 spiro atoms. The van der Waals surface area contributed by atoms with Crippen molar-refractivity contribution < 1.29 is 5.11 Å². The quantitative estimate of drug-likeness (QED) is 0.901. The summed E-state index contributed by atoms with van der Waals surface area (Å²) in [6, 6.07) is 7.15. The van der Waals surface area contributed by atoms with Gasteiger partial charge in [-0.3, -0.25) is 4.98 Å². The van der Waals surface area contributed by atoms with Gasteiger partial charge in [0.05, 0.1) is 6.61 Å². The van der Waals surface area contributed by atoms with Crippen molar-refractivity contribution in [2.75, 3.05) is 18.1 Å². The van der Waals surface area contributed by atoms with Gasteiger partial charge in [0, 0.05) is 47.5 Å². The van der Waals surface area contributed by atoms with Crippen LogP contribution in [-0.4, -0.2) is 35.3 Å². The third-order valence-electron chi connectivity index (χ3n) is 4.78. The van der Waals surface area contributed by atoms with Crippen LogP contribution in [0.2, 0.25) is 0 Å². The van der Waals surface area contributed by atoms with Crippen LogP contribution < -0.4 is 10.6 Å². The van der Waals surface area contributed by atoms with Crippen molar-refractivity contribution in [1.29, 1.82) is 0 Å². The molecule has 1 aromatic heterocycles. The Kier molecular flexibility index (Phi) is 6.22. The summed E-state index contributed by atoms with van der Waals surface area (Å²) in [5, 5.41) is 12.0. The van der Waals surface area contributed by atoms with Gasteiger partial charge in [0.1, 0.15) is 0 Å². The zero-order valence-corrected chi connectivity index (χ0v) is 14.4. The van der Waals surface area contributed by atoms with E-state index >= 15 is 0 Å². The first-order valence-corrected chi connectivity index (χ1v) is 8.17. The van der Waals surface area contributed by atoms with Crippen LogP contribution in [0.15, 0.2) is 30.6 Å². The maximum absolute atomic E-state index is 9.54. The monoisotopic (exact) mass is 335 g/mol. The maximum atomic E-state index is 9.54. The number of anilines is 1. The zero-order chi connectivity index (χ0) is 15.5. The predicted octanol–water partition coefficient (Wildman–Crippen LogP) is 3.03. The average molecular weight is 336 g/mol. The van der Waals surface area contributed by atoms with Crippen molar-refractivity contribution in [3.05, 3.63) is 36.2 Å². The van der Waals surface area contributed by atoms with Crippen molar-refractivity contribution in [3.63, 3.8) is 0 Å². The van der Waals surface area contributed by atoms with Crippen molar-refractivity contribution in [2.45, 2.75) is 44.7 Å². The number of hydrogen-bond acceptors (Lipinski definition) is 4. The molecule has 0 saturated heterocycles. The molecule has 1 heterocycles. The van der Waals surface area contributed by atoms with Crippen LogP contribution in [0.25, 0.3) is 10.8 Å². The van der Waals surface area contributed by atoms with E-state index in [0.717, 1.165) is 31.1 Å². The first-order valence-electron chi connectivity index (χ1n) is 8.17. The van der Waals surface area contributed by atoms with Crippen molar-refractivity contribution >= 4 is 28.9 Å². The van der Waals surface area contributed by atoms with E-state index in [4.69, 9.17) is 5.73 Å². The Morgan fingerprint density at radius 3 is 2.65 bits per heavy atom. The molecule has 1 saturated carbocycles. The van der Waals surface area contributed by atoms with E-state index in [1.54, 1.807) is 0 Å². The lowest BCUT2D eigenvalue weighted by Crippen LogP contribution is -2.42. The van der Waals surface area contributed by atoms with Gasteiger partial charge >= 0.3 is 0 Å². The van der Waals surface area contributed by atoms with E-state index in [0.29, 0.717) is 18.6 Å². The van der Waals surface area contributed by atoms with Gasteiger partial charge < -0.3 is 15.7 Å². The summed E-state index contributed by atoms with van der Waals surface area (Å²) in [7, 11) is 0. The van der Waals surface area contributed by atoms with Gasteiger partial charge in [-0.25, -0.2) is 0 Å². The molecule has 5 heteroatoms. The van der Waals surface area contributed by atoms with Gasteiger partial charge in [-0.05, 0) is 44.2 Å². The summed E-state index contributed by atoms with van der Waals surface area (Å²) in [6.07, 6.45) is 8.17. The highest BCUT2D eigenvalue weighted by Gasteiger charge is 2.25. The molecule has 0 aliphatic heterocycles. The van der Waals surface area contributed by atoms with E-state index < -0.39 is 0 Å². The molecule has 23 heavy (non-hydrogen) atoms. The summed E-state index contributed by atoms with van der Waals surface area (Å²) in [6.45, 7) is 2.94. The minimum absolute atomic E-state index is 0. The molecule has 3 N–H and O–H groups in total. The summed E-state index contributed by atoms with van der Waals surface area (Å²) < 4.78 is 0. The minimum atomic E-state index is 0. The Balaban J connectivity index is 0.00000192. The van der Waals surface area contributed by atoms with Gasteiger partial charge in [0.2, 0.25) is 0 Å². The smallest absolute Gasteiger partial charge is 0.0606 e. The van der Waals surface area contributed by atoms with Crippen LogP contribution >= 0.6 is 12.4 Å². The third-order valence-corrected chi connectivity index (χ3v) is 4.78. The fourth-order valence-electron chi connectivity index (χ4n) is 3.65. The first-order chi connectivity index (χ1) is 10.7. The van der Waals surface area contributed by atoms with Gasteiger partial charge in [0.15, 0.2) is 0 Å². The van der Waals surface area contributed by atoms with Crippen molar-refractivity contribution in [1.82, 2.24) is 4.98 Å². The first kappa shape index (κ1) is 18.0. The number of halogens is 1. The lowest BCUT2D eigenvalue weighted by Gasteiger charge is -2.38. The summed E-state index contributed by atoms with van der Waals surface area (Å²) >= 11 is 0. The molecule has 1 aliphatic rings. The molecule has 1 aromatic carbocycles. The molecule has 0 radical (unpaired) electrons. The Morgan fingerprint density at radius 2 is 1.96 bits per heavy atom. The second-order valence-electron chi connectivity index (χ2n) is 6.32. The second-order valence-corrected chi connectivity index (χ2v) is 6.32. The van der Waals surface area contributed by atoms with Crippen LogP contribution in [0, 0.1) is 6.92 Å². The Hall–Kier alpha value is -1.36. The number of aliphatic hydroxyl groups is 1. The van der Waals surface area contributed by atoms with E-state index in [1.807, 2.05) is 12.4 Å². The molecule has 0 atom stereocenters. The van der Waals surface area contributed by atoms with Crippen LogP contribution in [0.5, 0.6) is 0 Å². The molecule has 0 amide bonds. The van der Waals surface area contributed by atoms with E-state index in [9.17, 15) is 5.11 Å². The van der Waals surface area contributed by atoms with Gasteiger partial charge in [-0.1, -0.05) is 12.1 Å². The van der Waals surface area contributed by atoms with Crippen LogP contribution in [0.1, 0.15) is 31.2 Å². The standard InChI is InChI=1S/C18H25N3O.ClH/c1-13-11-20-12-14-3-2-4-17(18(13)14)21(9-10-22)16-7-5-15(19)6-8-16;/h2-4,11-12,15-16,22H,5-10,19H2,1H3;1H/t15-,16+;. The number of aromatic nitrogens is 1. The maximum Gasteiger partial charge on any atom is 0.0606 e. The highest BCUT2D eigenvalue weighted by molar-refractivity contribution is 5.96. The topological polar surface area (TPSA) is 62.4 Å². The number of fused-ring (bicyclic) bond motifs is 1. The van der Waals surface area contributed by atoms with Gasteiger partial charge in [0.25, 0.3) is 0 Å². The zero-order valence-electron chi connectivity index (χ0n) is 13.6. The van der Waals surface area contributed by atoms with Gasteiger partial charge in [-0.2, -0.15) is 0 Å². The molecule has 3 rings (SSSR count). The fourth-order valence-corrected chi connectivity index (χ4v) is 3.65. The molecule has 126 valence electrons. The summed E-state index contributed by atoms with van der Waals surface area (Å²) in [5.74, 6) is 0. The number of rotatable bonds is 4. The third kappa shape index (κ3) is 3.77. The average Bonchev–Trinajstić information content (AvgIpc) is 2.53. The lowest BCUT2D eigenvalue weighted by molar-refractivity contribution is 0.287. The number of pyridine rings is 1. The highest BCUT2D eigenvalue weighted by atomic mass is 35.5. The molecule has 0 unspecified atom stereocenters. The molecule has 2 aromatic rings. The van der Waals surface area contributed by atoms with E-state index in [1.165, 1.54) is 16.6 Å². The fraction of sp³-hybridized carbons (Fsp3) is 0.500. The Labute approximate surface area is 144 Å². The number of nitrogens with zero attached hydrogens (tertiary/aromatic N) is 2. The van der Waals surface area contributed by atoms with Crippen LogP contribution in [0.4, 0.5) is 5.69 Å². The molecule has 4 nitrogen and oxygen atoms in total. The summed E-state index contributed by atoms with van der Waals surface area (Å²) in [4.78, 5) is 6.67. The van der Waals surface area contributed by atoms with Crippen LogP contribution in [-0.2, 0) is 0 Å². The number of nitrogens with two attached hydrogens (primary N) is 1. The summed E-state index contributed by atoms with van der Waals surface area (Å²) in [5.41, 5.74) is 8.45. The normalized spacial score (nSPS) is 21.0. The van der Waals surface area contributed by atoms with Crippen molar-refractivity contribution in [3.8, 4) is 0 Å². The molecule has 1 fully saturated rings.